The second-order valence-electron chi connectivity index (χ2n) is 3.81. The van der Waals surface area contributed by atoms with Crippen molar-refractivity contribution in [2.24, 2.45) is 5.92 Å². The SMILES string of the molecule is CCCCO[C@H]1CC[C@@H](C)C1O. The highest BCUT2D eigenvalue weighted by Gasteiger charge is 2.31. The Kier molecular flexibility index (Phi) is 4.02. The highest BCUT2D eigenvalue weighted by Crippen LogP contribution is 2.27. The molecule has 3 atom stereocenters. The van der Waals surface area contributed by atoms with Crippen LogP contribution in [0.1, 0.15) is 39.5 Å². The average Bonchev–Trinajstić information content (AvgIpc) is 2.36. The minimum atomic E-state index is -0.221. The van der Waals surface area contributed by atoms with E-state index < -0.39 is 0 Å². The molecule has 2 nitrogen and oxygen atoms in total. The van der Waals surface area contributed by atoms with Gasteiger partial charge in [-0.05, 0) is 25.2 Å². The number of hydrogen-bond acceptors (Lipinski definition) is 2. The zero-order chi connectivity index (χ0) is 8.97. The van der Waals surface area contributed by atoms with Gasteiger partial charge in [-0.1, -0.05) is 20.3 Å². The van der Waals surface area contributed by atoms with Crippen LogP contribution in [0.2, 0.25) is 0 Å². The zero-order valence-corrected chi connectivity index (χ0v) is 8.12. The molecule has 1 rings (SSSR count). The maximum atomic E-state index is 9.63. The van der Waals surface area contributed by atoms with Gasteiger partial charge in [0.05, 0.1) is 12.2 Å². The molecule has 1 aliphatic rings. The lowest BCUT2D eigenvalue weighted by Gasteiger charge is -2.17. The standard InChI is InChI=1S/C10H20O2/c1-3-4-7-12-9-6-5-8(2)10(9)11/h8-11H,3-7H2,1-2H3/t8-,9+,10?/m1/s1. The molecular weight excluding hydrogens is 152 g/mol. The third kappa shape index (κ3) is 2.46. The van der Waals surface area contributed by atoms with Crippen LogP contribution in [0.5, 0.6) is 0 Å². The number of hydrogen-bond donors (Lipinski definition) is 1. The summed E-state index contributed by atoms with van der Waals surface area (Å²) in [5.74, 6) is 0.427. The van der Waals surface area contributed by atoms with Crippen LogP contribution in [-0.4, -0.2) is 23.9 Å². The van der Waals surface area contributed by atoms with Crippen LogP contribution in [0.4, 0.5) is 0 Å². The van der Waals surface area contributed by atoms with Gasteiger partial charge in [-0.2, -0.15) is 0 Å². The summed E-state index contributed by atoms with van der Waals surface area (Å²) in [6.07, 6.45) is 4.31. The van der Waals surface area contributed by atoms with Crippen LogP contribution in [0.3, 0.4) is 0 Å². The summed E-state index contributed by atoms with van der Waals surface area (Å²) in [6, 6.07) is 0. The number of aliphatic hydroxyl groups excluding tert-OH is 1. The molecule has 1 fully saturated rings. The van der Waals surface area contributed by atoms with Gasteiger partial charge in [-0.15, -0.1) is 0 Å². The van der Waals surface area contributed by atoms with Gasteiger partial charge in [0, 0.05) is 6.61 Å². The number of unbranched alkanes of at least 4 members (excludes halogenated alkanes) is 1. The van der Waals surface area contributed by atoms with Crippen LogP contribution in [0.25, 0.3) is 0 Å². The summed E-state index contributed by atoms with van der Waals surface area (Å²) in [5, 5.41) is 9.63. The molecule has 0 radical (unpaired) electrons. The van der Waals surface area contributed by atoms with Gasteiger partial charge in [-0.25, -0.2) is 0 Å². The fourth-order valence-electron chi connectivity index (χ4n) is 1.70. The maximum Gasteiger partial charge on any atom is 0.0836 e. The van der Waals surface area contributed by atoms with Gasteiger partial charge in [0.2, 0.25) is 0 Å². The Morgan fingerprint density at radius 2 is 2.17 bits per heavy atom. The van der Waals surface area contributed by atoms with Gasteiger partial charge < -0.3 is 9.84 Å². The summed E-state index contributed by atoms with van der Waals surface area (Å²) in [4.78, 5) is 0. The van der Waals surface area contributed by atoms with Crippen molar-refractivity contribution in [2.75, 3.05) is 6.61 Å². The van der Waals surface area contributed by atoms with Crippen molar-refractivity contribution in [1.82, 2.24) is 0 Å². The van der Waals surface area contributed by atoms with Crippen molar-refractivity contribution in [3.8, 4) is 0 Å². The Labute approximate surface area is 74.9 Å². The van der Waals surface area contributed by atoms with Gasteiger partial charge in [0.25, 0.3) is 0 Å². The third-order valence-corrected chi connectivity index (χ3v) is 2.70. The first-order chi connectivity index (χ1) is 5.75. The Morgan fingerprint density at radius 3 is 2.67 bits per heavy atom. The molecule has 0 saturated heterocycles. The molecular formula is C10H20O2. The van der Waals surface area contributed by atoms with Crippen molar-refractivity contribution < 1.29 is 9.84 Å². The number of rotatable bonds is 4. The molecule has 0 bridgehead atoms. The van der Waals surface area contributed by atoms with E-state index in [9.17, 15) is 5.11 Å². The highest BCUT2D eigenvalue weighted by molar-refractivity contribution is 4.82. The molecule has 1 unspecified atom stereocenters. The molecule has 0 heterocycles. The summed E-state index contributed by atoms with van der Waals surface area (Å²) in [6.45, 7) is 5.05. The average molecular weight is 172 g/mol. The van der Waals surface area contributed by atoms with Gasteiger partial charge >= 0.3 is 0 Å². The smallest absolute Gasteiger partial charge is 0.0836 e. The van der Waals surface area contributed by atoms with Crippen LogP contribution >= 0.6 is 0 Å². The Balaban J connectivity index is 2.16. The van der Waals surface area contributed by atoms with Crippen molar-refractivity contribution in [2.45, 2.75) is 51.7 Å². The van der Waals surface area contributed by atoms with E-state index in [0.29, 0.717) is 5.92 Å². The van der Waals surface area contributed by atoms with Crippen LogP contribution in [0.15, 0.2) is 0 Å². The summed E-state index contributed by atoms with van der Waals surface area (Å²) in [7, 11) is 0. The van der Waals surface area contributed by atoms with Gasteiger partial charge in [0.15, 0.2) is 0 Å². The Morgan fingerprint density at radius 1 is 1.42 bits per heavy atom. The molecule has 1 aliphatic carbocycles. The minimum absolute atomic E-state index is 0.117. The second-order valence-corrected chi connectivity index (χ2v) is 3.81. The Hall–Kier alpha value is -0.0800. The van der Waals surface area contributed by atoms with E-state index in [4.69, 9.17) is 4.74 Å². The lowest BCUT2D eigenvalue weighted by molar-refractivity contribution is -0.0308. The van der Waals surface area contributed by atoms with Crippen molar-refractivity contribution in [3.05, 3.63) is 0 Å². The fraction of sp³-hybridized carbons (Fsp3) is 1.00. The van der Waals surface area contributed by atoms with Gasteiger partial charge in [0.1, 0.15) is 0 Å². The molecule has 0 aromatic carbocycles. The molecule has 2 heteroatoms. The van der Waals surface area contributed by atoms with E-state index in [1.165, 1.54) is 6.42 Å². The molecule has 12 heavy (non-hydrogen) atoms. The normalized spacial score (nSPS) is 35.8. The summed E-state index contributed by atoms with van der Waals surface area (Å²) < 4.78 is 5.58. The monoisotopic (exact) mass is 172 g/mol. The van der Waals surface area contributed by atoms with E-state index in [1.54, 1.807) is 0 Å². The first-order valence-corrected chi connectivity index (χ1v) is 5.05. The molecule has 0 aromatic rings. The molecule has 0 aliphatic heterocycles. The highest BCUT2D eigenvalue weighted by atomic mass is 16.5. The quantitative estimate of drug-likeness (QED) is 0.657. The largest absolute Gasteiger partial charge is 0.390 e. The van der Waals surface area contributed by atoms with Gasteiger partial charge in [-0.3, -0.25) is 0 Å². The summed E-state index contributed by atoms with van der Waals surface area (Å²) in [5.41, 5.74) is 0. The van der Waals surface area contributed by atoms with Crippen LogP contribution in [0, 0.1) is 5.92 Å². The first kappa shape index (κ1) is 10.0. The molecule has 0 spiro atoms. The lowest BCUT2D eigenvalue weighted by atomic mass is 10.1. The Bertz CT molecular complexity index is 125. The maximum absolute atomic E-state index is 9.63. The second kappa shape index (κ2) is 4.83. The molecule has 0 amide bonds. The van der Waals surface area contributed by atoms with E-state index in [-0.39, 0.29) is 12.2 Å². The van der Waals surface area contributed by atoms with Crippen molar-refractivity contribution in [1.29, 1.82) is 0 Å². The van der Waals surface area contributed by atoms with Crippen molar-refractivity contribution >= 4 is 0 Å². The molecule has 0 aromatic heterocycles. The van der Waals surface area contributed by atoms with Crippen molar-refractivity contribution in [3.63, 3.8) is 0 Å². The fourth-order valence-corrected chi connectivity index (χ4v) is 1.70. The first-order valence-electron chi connectivity index (χ1n) is 5.05. The van der Waals surface area contributed by atoms with Crippen LogP contribution < -0.4 is 0 Å². The van der Waals surface area contributed by atoms with E-state index in [2.05, 4.69) is 13.8 Å². The molecule has 72 valence electrons. The zero-order valence-electron chi connectivity index (χ0n) is 8.12. The number of aliphatic hydroxyl groups is 1. The van der Waals surface area contributed by atoms with E-state index in [1.807, 2.05) is 0 Å². The number of ether oxygens (including phenoxy) is 1. The predicted molar refractivity (Wildman–Crippen MR) is 49.1 cm³/mol. The third-order valence-electron chi connectivity index (χ3n) is 2.70. The predicted octanol–water partition coefficient (Wildman–Crippen LogP) is 1.96. The minimum Gasteiger partial charge on any atom is -0.390 e. The lowest BCUT2D eigenvalue weighted by Crippen LogP contribution is -2.26. The topological polar surface area (TPSA) is 29.5 Å². The van der Waals surface area contributed by atoms with Crippen LogP contribution in [-0.2, 0) is 4.74 Å². The molecule has 1 N–H and O–H groups in total. The molecule has 1 saturated carbocycles. The summed E-state index contributed by atoms with van der Waals surface area (Å²) >= 11 is 0. The van der Waals surface area contributed by atoms with E-state index in [0.717, 1.165) is 25.9 Å². The van der Waals surface area contributed by atoms with E-state index >= 15 is 0 Å².